The Morgan fingerprint density at radius 2 is 1.73 bits per heavy atom. The molecule has 0 spiro atoms. The van der Waals surface area contributed by atoms with E-state index < -0.39 is 10.9 Å². The second-order valence-electron chi connectivity index (χ2n) is 6.34. The molecular weight excluding hydrogens is 384 g/mol. The number of nitro groups is 1. The summed E-state index contributed by atoms with van der Waals surface area (Å²) in [5.41, 5.74) is 2.68. The molecule has 3 rings (SSSR count). The van der Waals surface area contributed by atoms with Crippen LogP contribution < -0.4 is 4.74 Å². The Balaban J connectivity index is 1.74. The van der Waals surface area contributed by atoms with Gasteiger partial charge in [0, 0.05) is 12.1 Å². The smallest absolute Gasteiger partial charge is 0.335 e. The van der Waals surface area contributed by atoms with Gasteiger partial charge in [-0.1, -0.05) is 24.3 Å². The molecule has 3 aromatic rings. The molecule has 0 unspecified atom stereocenters. The lowest BCUT2D eigenvalue weighted by Gasteiger charge is -2.08. The van der Waals surface area contributed by atoms with Gasteiger partial charge in [-0.25, -0.2) is 4.79 Å². The van der Waals surface area contributed by atoms with E-state index in [1.165, 1.54) is 36.4 Å². The Kier molecular flexibility index (Phi) is 6.20. The Morgan fingerprint density at radius 3 is 2.33 bits per heavy atom. The predicted molar refractivity (Wildman–Crippen MR) is 111 cm³/mol. The summed E-state index contributed by atoms with van der Waals surface area (Å²) in [5.74, 6) is -0.393. The highest BCUT2D eigenvalue weighted by atomic mass is 16.6. The van der Waals surface area contributed by atoms with Crippen molar-refractivity contribution in [3.8, 4) is 11.8 Å². The number of rotatable bonds is 7. The summed E-state index contributed by atoms with van der Waals surface area (Å²) >= 11 is 0. The molecule has 0 radical (unpaired) electrons. The molecule has 30 heavy (non-hydrogen) atoms. The SMILES string of the molecule is N#C/C(=C/c1cccc(OCc2ccc(C(=O)O)cc2)c1)c1ccc([N+](=O)[O-])cc1. The first kappa shape index (κ1) is 20.3. The molecule has 7 nitrogen and oxygen atoms in total. The third kappa shape index (κ3) is 5.09. The second kappa shape index (κ2) is 9.17. The molecular formula is C23H16N2O5. The minimum Gasteiger partial charge on any atom is -0.489 e. The van der Waals surface area contributed by atoms with Crippen LogP contribution in [0.4, 0.5) is 5.69 Å². The Morgan fingerprint density at radius 1 is 1.07 bits per heavy atom. The van der Waals surface area contributed by atoms with Crippen LogP contribution in [0.1, 0.15) is 27.0 Å². The van der Waals surface area contributed by atoms with Gasteiger partial charge in [-0.2, -0.15) is 5.26 Å². The fraction of sp³-hybridized carbons (Fsp3) is 0.0435. The third-order valence-electron chi connectivity index (χ3n) is 4.29. The first-order valence-corrected chi connectivity index (χ1v) is 8.88. The summed E-state index contributed by atoms with van der Waals surface area (Å²) < 4.78 is 5.76. The van der Waals surface area contributed by atoms with Gasteiger partial charge in [0.05, 0.1) is 22.1 Å². The van der Waals surface area contributed by atoms with Crippen molar-refractivity contribution in [2.75, 3.05) is 0 Å². The van der Waals surface area contributed by atoms with Crippen LogP contribution in [0.15, 0.2) is 72.8 Å². The number of benzene rings is 3. The van der Waals surface area contributed by atoms with Crippen LogP contribution in [-0.2, 0) is 6.61 Å². The molecule has 148 valence electrons. The summed E-state index contributed by atoms with van der Waals surface area (Å²) in [6, 6.07) is 21.5. The summed E-state index contributed by atoms with van der Waals surface area (Å²) in [4.78, 5) is 21.2. The zero-order valence-corrected chi connectivity index (χ0v) is 15.7. The molecule has 0 aliphatic carbocycles. The van der Waals surface area contributed by atoms with Crippen LogP contribution in [0.2, 0.25) is 0 Å². The predicted octanol–water partition coefficient (Wildman–Crippen LogP) is 4.94. The number of nitriles is 1. The van der Waals surface area contributed by atoms with Gasteiger partial charge in [-0.3, -0.25) is 10.1 Å². The van der Waals surface area contributed by atoms with Gasteiger partial charge in [0.25, 0.3) is 5.69 Å². The van der Waals surface area contributed by atoms with E-state index in [-0.39, 0.29) is 17.9 Å². The average Bonchev–Trinajstić information content (AvgIpc) is 2.76. The lowest BCUT2D eigenvalue weighted by molar-refractivity contribution is -0.384. The molecule has 0 aliphatic heterocycles. The van der Waals surface area contributed by atoms with E-state index in [1.807, 2.05) is 6.07 Å². The zero-order chi connectivity index (χ0) is 21.5. The van der Waals surface area contributed by atoms with Crippen LogP contribution in [0.3, 0.4) is 0 Å². The van der Waals surface area contributed by atoms with Crippen LogP contribution in [0.25, 0.3) is 11.6 Å². The van der Waals surface area contributed by atoms with Gasteiger partial charge < -0.3 is 9.84 Å². The maximum Gasteiger partial charge on any atom is 0.335 e. The van der Waals surface area contributed by atoms with Crippen molar-refractivity contribution in [2.24, 2.45) is 0 Å². The normalized spacial score (nSPS) is 10.8. The van der Waals surface area contributed by atoms with Crippen LogP contribution in [0.5, 0.6) is 5.75 Å². The largest absolute Gasteiger partial charge is 0.489 e. The first-order chi connectivity index (χ1) is 14.5. The van der Waals surface area contributed by atoms with Gasteiger partial charge in [0.1, 0.15) is 12.4 Å². The fourth-order valence-corrected chi connectivity index (χ4v) is 2.71. The van der Waals surface area contributed by atoms with E-state index >= 15 is 0 Å². The van der Waals surface area contributed by atoms with Gasteiger partial charge in [-0.05, 0) is 59.2 Å². The van der Waals surface area contributed by atoms with E-state index in [2.05, 4.69) is 6.07 Å². The molecule has 0 aromatic heterocycles. The standard InChI is InChI=1S/C23H16N2O5/c24-14-20(18-8-10-21(11-9-18)25(28)29)12-17-2-1-3-22(13-17)30-15-16-4-6-19(7-5-16)23(26)27/h1-13H,15H2,(H,26,27)/b20-12-. The van der Waals surface area contributed by atoms with Crippen molar-refractivity contribution < 1.29 is 19.6 Å². The Bertz CT molecular complexity index is 1140. The highest BCUT2D eigenvalue weighted by Crippen LogP contribution is 2.23. The fourth-order valence-electron chi connectivity index (χ4n) is 2.71. The van der Waals surface area contributed by atoms with Gasteiger partial charge >= 0.3 is 5.97 Å². The number of hydrogen-bond acceptors (Lipinski definition) is 5. The van der Waals surface area contributed by atoms with E-state index in [0.29, 0.717) is 16.9 Å². The van der Waals surface area contributed by atoms with Crippen molar-refractivity contribution in [1.82, 2.24) is 0 Å². The molecule has 0 fully saturated rings. The summed E-state index contributed by atoms with van der Waals surface area (Å²) in [5, 5.41) is 29.2. The first-order valence-electron chi connectivity index (χ1n) is 8.88. The number of nitrogens with zero attached hydrogens (tertiary/aromatic N) is 2. The van der Waals surface area contributed by atoms with E-state index in [9.17, 15) is 20.2 Å². The highest BCUT2D eigenvalue weighted by Gasteiger charge is 2.07. The van der Waals surface area contributed by atoms with Crippen molar-refractivity contribution >= 4 is 23.3 Å². The minimum atomic E-state index is -0.983. The molecule has 3 aromatic carbocycles. The maximum absolute atomic E-state index is 10.9. The second-order valence-corrected chi connectivity index (χ2v) is 6.34. The van der Waals surface area contributed by atoms with Gasteiger partial charge in [0.2, 0.25) is 0 Å². The van der Waals surface area contributed by atoms with Gasteiger partial charge in [0.15, 0.2) is 0 Å². The quantitative estimate of drug-likeness (QED) is 0.260. The number of aromatic carboxylic acids is 1. The zero-order valence-electron chi connectivity index (χ0n) is 15.7. The number of carboxylic acids is 1. The number of non-ortho nitro benzene ring substituents is 1. The van der Waals surface area contributed by atoms with Crippen molar-refractivity contribution in [3.05, 3.63) is 105 Å². The van der Waals surface area contributed by atoms with Crippen molar-refractivity contribution in [2.45, 2.75) is 6.61 Å². The number of allylic oxidation sites excluding steroid dienone is 1. The molecule has 0 saturated heterocycles. The van der Waals surface area contributed by atoms with Crippen LogP contribution in [-0.4, -0.2) is 16.0 Å². The molecule has 0 aliphatic rings. The molecule has 0 atom stereocenters. The number of carboxylic acid groups (broad SMARTS) is 1. The topological polar surface area (TPSA) is 113 Å². The third-order valence-corrected chi connectivity index (χ3v) is 4.29. The molecule has 0 saturated carbocycles. The molecule has 7 heteroatoms. The van der Waals surface area contributed by atoms with E-state index in [0.717, 1.165) is 11.1 Å². The van der Waals surface area contributed by atoms with E-state index in [1.54, 1.807) is 36.4 Å². The maximum atomic E-state index is 10.9. The number of carbonyl (C=O) groups is 1. The minimum absolute atomic E-state index is 0.0391. The molecule has 0 bridgehead atoms. The van der Waals surface area contributed by atoms with Crippen LogP contribution in [0, 0.1) is 21.4 Å². The van der Waals surface area contributed by atoms with Crippen molar-refractivity contribution in [1.29, 1.82) is 5.26 Å². The summed E-state index contributed by atoms with van der Waals surface area (Å²) in [6.45, 7) is 0.264. The number of nitro benzene ring substituents is 1. The Labute approximate surface area is 172 Å². The van der Waals surface area contributed by atoms with Gasteiger partial charge in [-0.15, -0.1) is 0 Å². The number of ether oxygens (including phenoxy) is 1. The van der Waals surface area contributed by atoms with Crippen molar-refractivity contribution in [3.63, 3.8) is 0 Å². The molecule has 0 heterocycles. The highest BCUT2D eigenvalue weighted by molar-refractivity contribution is 5.90. The average molecular weight is 400 g/mol. The molecule has 0 amide bonds. The lowest BCUT2D eigenvalue weighted by Crippen LogP contribution is -1.99. The van der Waals surface area contributed by atoms with Crippen LogP contribution >= 0.6 is 0 Å². The number of hydrogen-bond donors (Lipinski definition) is 1. The monoisotopic (exact) mass is 400 g/mol. The molecule has 1 N–H and O–H groups in total. The van der Waals surface area contributed by atoms with E-state index in [4.69, 9.17) is 9.84 Å². The summed E-state index contributed by atoms with van der Waals surface area (Å²) in [6.07, 6.45) is 1.68. The summed E-state index contributed by atoms with van der Waals surface area (Å²) in [7, 11) is 0. The lowest BCUT2D eigenvalue weighted by atomic mass is 10.0. The Hall–Kier alpha value is -4.44.